The molecule has 1 unspecified atom stereocenters. The van der Waals surface area contributed by atoms with Crippen molar-refractivity contribution in [2.45, 2.75) is 51.8 Å². The van der Waals surface area contributed by atoms with Crippen LogP contribution in [0, 0.1) is 12.3 Å². The van der Waals surface area contributed by atoms with Gasteiger partial charge in [0, 0.05) is 9.85 Å². The minimum Gasteiger partial charge on any atom is -0.0885 e. The molecule has 0 nitrogen and oxygen atoms in total. The topological polar surface area (TPSA) is 0 Å². The number of halogens is 2. The average molecular weight is 318 g/mol. The van der Waals surface area contributed by atoms with Gasteiger partial charge in [0.2, 0.25) is 0 Å². The van der Waals surface area contributed by atoms with E-state index < -0.39 is 0 Å². The highest BCUT2D eigenvalue weighted by atomic mass is 79.9. The monoisotopic (exact) mass is 316 g/mol. The van der Waals surface area contributed by atoms with Crippen LogP contribution >= 0.6 is 27.5 Å². The largest absolute Gasteiger partial charge is 0.0885 e. The number of hydrogen-bond acceptors (Lipinski definition) is 0. The molecule has 2 heteroatoms. The maximum atomic E-state index is 6.22. The molecule has 0 bridgehead atoms. The van der Waals surface area contributed by atoms with Gasteiger partial charge >= 0.3 is 0 Å². The molecule has 0 aromatic heterocycles. The second kappa shape index (κ2) is 6.24. The summed E-state index contributed by atoms with van der Waals surface area (Å²) in [6, 6.07) is 6.33. The van der Waals surface area contributed by atoms with E-state index in [-0.39, 0.29) is 0 Å². The molecule has 0 saturated carbocycles. The molecule has 1 aromatic carbocycles. The molecule has 0 spiro atoms. The second-order valence-electron chi connectivity index (χ2n) is 5.82. The first kappa shape index (κ1) is 15.0. The Morgan fingerprint density at radius 3 is 2.47 bits per heavy atom. The van der Waals surface area contributed by atoms with Gasteiger partial charge in [0.15, 0.2) is 0 Å². The summed E-state index contributed by atoms with van der Waals surface area (Å²) >= 11 is 9.99. The molecule has 0 aliphatic carbocycles. The van der Waals surface area contributed by atoms with Crippen LogP contribution < -0.4 is 0 Å². The molecule has 0 radical (unpaired) electrons. The van der Waals surface area contributed by atoms with E-state index in [2.05, 4.69) is 55.8 Å². The van der Waals surface area contributed by atoms with E-state index in [1.54, 1.807) is 0 Å². The summed E-state index contributed by atoms with van der Waals surface area (Å²) in [6.45, 7) is 8.88. The molecule has 1 rings (SSSR count). The molecule has 0 heterocycles. The van der Waals surface area contributed by atoms with Crippen molar-refractivity contribution in [3.8, 4) is 0 Å². The fourth-order valence-corrected chi connectivity index (χ4v) is 2.41. The van der Waals surface area contributed by atoms with Crippen molar-refractivity contribution < 1.29 is 0 Å². The SMILES string of the molecule is Cc1ccc(CCCC(Br)C(C)(C)C)c(Cl)c1. The molecule has 0 amide bonds. The van der Waals surface area contributed by atoms with Crippen LogP contribution in [0.4, 0.5) is 0 Å². The van der Waals surface area contributed by atoms with Gasteiger partial charge in [-0.3, -0.25) is 0 Å². The van der Waals surface area contributed by atoms with Gasteiger partial charge in [-0.05, 0) is 48.8 Å². The Labute approximate surface area is 119 Å². The lowest BCUT2D eigenvalue weighted by atomic mass is 9.89. The van der Waals surface area contributed by atoms with Gasteiger partial charge in [0.1, 0.15) is 0 Å². The third-order valence-corrected chi connectivity index (χ3v) is 5.24. The average Bonchev–Trinajstić information content (AvgIpc) is 2.19. The van der Waals surface area contributed by atoms with Gasteiger partial charge in [0.25, 0.3) is 0 Å². The van der Waals surface area contributed by atoms with Crippen molar-refractivity contribution in [2.75, 3.05) is 0 Å². The molecular weight excluding hydrogens is 296 g/mol. The van der Waals surface area contributed by atoms with Crippen LogP contribution in [0.25, 0.3) is 0 Å². The Bertz CT molecular complexity index is 366. The van der Waals surface area contributed by atoms with Gasteiger partial charge in [-0.25, -0.2) is 0 Å². The Morgan fingerprint density at radius 1 is 1.29 bits per heavy atom. The number of benzene rings is 1. The molecule has 0 aliphatic heterocycles. The van der Waals surface area contributed by atoms with Crippen molar-refractivity contribution in [3.63, 3.8) is 0 Å². The first-order valence-electron chi connectivity index (χ1n) is 6.20. The second-order valence-corrected chi connectivity index (χ2v) is 7.33. The first-order valence-corrected chi connectivity index (χ1v) is 7.49. The van der Waals surface area contributed by atoms with E-state index in [9.17, 15) is 0 Å². The summed E-state index contributed by atoms with van der Waals surface area (Å²) < 4.78 is 0. The van der Waals surface area contributed by atoms with Gasteiger partial charge in [0.05, 0.1) is 0 Å². The highest BCUT2D eigenvalue weighted by molar-refractivity contribution is 9.09. The highest BCUT2D eigenvalue weighted by Crippen LogP contribution is 2.30. The molecule has 0 N–H and O–H groups in total. The van der Waals surface area contributed by atoms with Gasteiger partial charge in [-0.1, -0.05) is 60.4 Å². The number of aryl methyl sites for hydroxylation is 2. The van der Waals surface area contributed by atoms with Crippen LogP contribution in [-0.4, -0.2) is 4.83 Å². The molecule has 0 aliphatic rings. The van der Waals surface area contributed by atoms with Crippen molar-refractivity contribution in [3.05, 3.63) is 34.3 Å². The van der Waals surface area contributed by atoms with E-state index >= 15 is 0 Å². The zero-order valence-electron chi connectivity index (χ0n) is 11.2. The quantitative estimate of drug-likeness (QED) is 0.617. The number of hydrogen-bond donors (Lipinski definition) is 0. The lowest BCUT2D eigenvalue weighted by Crippen LogP contribution is -2.20. The van der Waals surface area contributed by atoms with Crippen molar-refractivity contribution in [1.82, 2.24) is 0 Å². The fourth-order valence-electron chi connectivity index (χ4n) is 1.76. The zero-order valence-corrected chi connectivity index (χ0v) is 13.5. The maximum Gasteiger partial charge on any atom is 0.0440 e. The van der Waals surface area contributed by atoms with Gasteiger partial charge in [-0.2, -0.15) is 0 Å². The standard InChI is InChI=1S/C15H22BrCl/c1-11-8-9-12(13(17)10-11)6-5-7-14(16)15(2,3)4/h8-10,14H,5-7H2,1-4H3. The van der Waals surface area contributed by atoms with E-state index in [4.69, 9.17) is 11.6 Å². The summed E-state index contributed by atoms with van der Waals surface area (Å²) in [5.74, 6) is 0. The third kappa shape index (κ3) is 5.01. The van der Waals surface area contributed by atoms with E-state index in [0.29, 0.717) is 10.2 Å². The lowest BCUT2D eigenvalue weighted by Gasteiger charge is -2.25. The number of rotatable bonds is 4. The molecule has 17 heavy (non-hydrogen) atoms. The molecule has 0 saturated heterocycles. The number of alkyl halides is 1. The smallest absolute Gasteiger partial charge is 0.0440 e. The minimum absolute atomic E-state index is 0.330. The minimum atomic E-state index is 0.330. The van der Waals surface area contributed by atoms with Crippen LogP contribution in [0.5, 0.6) is 0 Å². The maximum absolute atomic E-state index is 6.22. The summed E-state index contributed by atoms with van der Waals surface area (Å²) in [7, 11) is 0. The Kier molecular flexibility index (Phi) is 5.53. The molecular formula is C15H22BrCl. The van der Waals surface area contributed by atoms with Crippen molar-refractivity contribution in [1.29, 1.82) is 0 Å². The van der Waals surface area contributed by atoms with Gasteiger partial charge < -0.3 is 0 Å². The van der Waals surface area contributed by atoms with E-state index in [1.165, 1.54) is 24.0 Å². The summed E-state index contributed by atoms with van der Waals surface area (Å²) in [5.41, 5.74) is 2.83. The summed E-state index contributed by atoms with van der Waals surface area (Å²) in [4.78, 5) is 0.569. The van der Waals surface area contributed by atoms with Crippen molar-refractivity contribution >= 4 is 27.5 Å². The normalized spacial score (nSPS) is 13.8. The first-order chi connectivity index (χ1) is 7.80. The van der Waals surface area contributed by atoms with Crippen LogP contribution in [0.1, 0.15) is 44.7 Å². The molecule has 0 fully saturated rings. The van der Waals surface area contributed by atoms with E-state index in [1.807, 2.05) is 6.07 Å². The molecule has 96 valence electrons. The van der Waals surface area contributed by atoms with E-state index in [0.717, 1.165) is 11.4 Å². The highest BCUT2D eigenvalue weighted by Gasteiger charge is 2.20. The van der Waals surface area contributed by atoms with Gasteiger partial charge in [-0.15, -0.1) is 0 Å². The molecule has 1 atom stereocenters. The Hall–Kier alpha value is -0.0100. The fraction of sp³-hybridized carbons (Fsp3) is 0.600. The van der Waals surface area contributed by atoms with Crippen LogP contribution in [-0.2, 0) is 6.42 Å². The summed E-state index contributed by atoms with van der Waals surface area (Å²) in [5, 5.41) is 0.909. The van der Waals surface area contributed by atoms with Crippen LogP contribution in [0.3, 0.4) is 0 Å². The van der Waals surface area contributed by atoms with Crippen LogP contribution in [0.2, 0.25) is 5.02 Å². The Balaban J connectivity index is 2.46. The zero-order chi connectivity index (χ0) is 13.1. The lowest BCUT2D eigenvalue weighted by molar-refractivity contribution is 0.380. The predicted molar refractivity (Wildman–Crippen MR) is 81.3 cm³/mol. The van der Waals surface area contributed by atoms with Crippen LogP contribution in [0.15, 0.2) is 18.2 Å². The third-order valence-electron chi connectivity index (χ3n) is 3.05. The Morgan fingerprint density at radius 2 is 1.94 bits per heavy atom. The predicted octanol–water partition coefficient (Wildman–Crippen LogP) is 5.78. The molecule has 1 aromatic rings. The van der Waals surface area contributed by atoms with Crippen molar-refractivity contribution in [2.24, 2.45) is 5.41 Å². The summed E-state index contributed by atoms with van der Waals surface area (Å²) in [6.07, 6.45) is 3.43.